The Bertz CT molecular complexity index is 1360. The Morgan fingerprint density at radius 1 is 0.545 bits per heavy atom. The molecule has 0 bridgehead atoms. The minimum Gasteiger partial charge on any atom is -0.467 e. The highest BCUT2D eigenvalue weighted by molar-refractivity contribution is 5.97. The van der Waals surface area contributed by atoms with Gasteiger partial charge in [0.15, 0.2) is 0 Å². The van der Waals surface area contributed by atoms with Crippen molar-refractivity contribution in [2.75, 3.05) is 13.7 Å². The Morgan fingerprint density at radius 2 is 0.964 bits per heavy atom. The number of amides is 7. The molecule has 0 aromatic carbocycles. The van der Waals surface area contributed by atoms with Gasteiger partial charge in [-0.1, -0.05) is 69.2 Å². The molecule has 0 heterocycles. The number of carbonyl (C=O) groups excluding carboxylic acids is 8. The van der Waals surface area contributed by atoms with E-state index >= 15 is 0 Å². The molecule has 316 valence electrons. The second kappa shape index (κ2) is 22.2. The van der Waals surface area contributed by atoms with Gasteiger partial charge in [0.1, 0.15) is 41.3 Å². The molecule has 0 aliphatic carbocycles. The lowest BCUT2D eigenvalue weighted by Gasteiger charge is -2.31. The maximum Gasteiger partial charge on any atom is 0.408 e. The fourth-order valence-corrected chi connectivity index (χ4v) is 5.18. The first-order valence-electron chi connectivity index (χ1n) is 18.9. The summed E-state index contributed by atoms with van der Waals surface area (Å²) in [5, 5.41) is 18.3. The van der Waals surface area contributed by atoms with E-state index in [9.17, 15) is 38.4 Å². The average Bonchev–Trinajstić information content (AvgIpc) is 3.03. The van der Waals surface area contributed by atoms with Crippen LogP contribution in [0.25, 0.3) is 0 Å². The molecule has 0 rings (SSSR count). The fourth-order valence-electron chi connectivity index (χ4n) is 5.18. The Kier molecular flexibility index (Phi) is 20.4. The van der Waals surface area contributed by atoms with Gasteiger partial charge in [-0.3, -0.25) is 28.8 Å². The van der Waals surface area contributed by atoms with E-state index in [0.717, 1.165) is 0 Å². The second-order valence-electron chi connectivity index (χ2n) is 17.1. The first-order chi connectivity index (χ1) is 25.0. The number of carbonyl (C=O) groups is 8. The van der Waals surface area contributed by atoms with Gasteiger partial charge in [0.25, 0.3) is 0 Å². The molecule has 0 spiro atoms. The van der Waals surface area contributed by atoms with Gasteiger partial charge in [0.05, 0.1) is 13.7 Å². The lowest BCUT2D eigenvalue weighted by atomic mass is 9.97. The van der Waals surface area contributed by atoms with Crippen molar-refractivity contribution in [3.05, 3.63) is 0 Å². The predicted octanol–water partition coefficient (Wildman–Crippen LogP) is 1.67. The minimum atomic E-state index is -1.55. The molecule has 55 heavy (non-hydrogen) atoms. The van der Waals surface area contributed by atoms with Gasteiger partial charge in [0.2, 0.25) is 35.4 Å². The van der Waals surface area contributed by atoms with Gasteiger partial charge < -0.3 is 46.7 Å². The lowest BCUT2D eigenvalue weighted by Crippen LogP contribution is -2.62. The Balaban J connectivity index is 5.69. The summed E-state index contributed by atoms with van der Waals surface area (Å²) in [6.07, 6.45) is -0.576. The topological polar surface area (TPSA) is 239 Å². The van der Waals surface area contributed by atoms with Crippen LogP contribution < -0.4 is 37.2 Å². The molecule has 0 fully saturated rings. The molecule has 5 atom stereocenters. The zero-order valence-electron chi connectivity index (χ0n) is 35.8. The van der Waals surface area contributed by atoms with E-state index in [4.69, 9.17) is 9.47 Å². The first kappa shape index (κ1) is 50.6. The van der Waals surface area contributed by atoms with E-state index in [1.165, 1.54) is 21.0 Å². The quantitative estimate of drug-likeness (QED) is 0.0882. The predicted molar refractivity (Wildman–Crippen MR) is 207 cm³/mol. The summed E-state index contributed by atoms with van der Waals surface area (Å²) >= 11 is 0. The van der Waals surface area contributed by atoms with Gasteiger partial charge in [-0.15, -0.1) is 0 Å². The van der Waals surface area contributed by atoms with Crippen molar-refractivity contribution in [3.63, 3.8) is 0 Å². The van der Waals surface area contributed by atoms with Crippen LogP contribution in [0.4, 0.5) is 4.79 Å². The highest BCUT2D eigenvalue weighted by atomic mass is 16.6. The molecule has 0 aromatic rings. The van der Waals surface area contributed by atoms with Crippen molar-refractivity contribution < 1.29 is 47.8 Å². The summed E-state index contributed by atoms with van der Waals surface area (Å²) in [7, 11) is 1.22. The summed E-state index contributed by atoms with van der Waals surface area (Å²) in [5.41, 5.74) is -2.34. The van der Waals surface area contributed by atoms with Crippen LogP contribution in [0.1, 0.15) is 110 Å². The third-order valence-electron chi connectivity index (χ3n) is 8.31. The maximum atomic E-state index is 13.5. The summed E-state index contributed by atoms with van der Waals surface area (Å²) in [6, 6.07) is -5.14. The van der Waals surface area contributed by atoms with Crippen LogP contribution in [0, 0.1) is 29.6 Å². The molecular weight excluding hydrogens is 714 g/mol. The van der Waals surface area contributed by atoms with E-state index < -0.39 is 101 Å². The van der Waals surface area contributed by atoms with Crippen molar-refractivity contribution in [2.24, 2.45) is 29.6 Å². The molecule has 0 aromatic heterocycles. The number of nitrogens with one attached hydrogen (secondary N) is 7. The van der Waals surface area contributed by atoms with Crippen LogP contribution >= 0.6 is 0 Å². The van der Waals surface area contributed by atoms with Crippen molar-refractivity contribution in [3.8, 4) is 0 Å². The summed E-state index contributed by atoms with van der Waals surface area (Å²) < 4.78 is 10.1. The van der Waals surface area contributed by atoms with Gasteiger partial charge in [0, 0.05) is 0 Å². The normalized spacial score (nSPS) is 14.6. The van der Waals surface area contributed by atoms with Gasteiger partial charge in [-0.05, 0) is 70.6 Å². The Labute approximate surface area is 327 Å². The van der Waals surface area contributed by atoms with E-state index in [-0.39, 0.29) is 30.1 Å². The number of esters is 1. The minimum absolute atomic E-state index is 0.0472. The standard InChI is InChI=1S/C38H69N7O10/c1-19(2)17-24(30(47)41-26(20(3)4)31(48)43-29(23(9)10)34(51)54-16)40-25(46)18-39-35(52)38(14,15)45-33(50)28(22(7)8)42-32(49)27(21(5)6)44-36(53)55-37(11,12)13/h19-24,26-29H,17-18H2,1-16H3,(H,39,52)(H,40,46)(H,41,47)(H,42,49)(H,43,48)(H,44,53)(H,45,50)/t24-,26-,27-,28-,29-/m0/s1. The van der Waals surface area contributed by atoms with E-state index in [1.54, 1.807) is 76.2 Å². The zero-order valence-corrected chi connectivity index (χ0v) is 35.8. The van der Waals surface area contributed by atoms with Crippen molar-refractivity contribution in [2.45, 2.75) is 152 Å². The van der Waals surface area contributed by atoms with Crippen molar-refractivity contribution >= 4 is 47.5 Å². The first-order valence-corrected chi connectivity index (χ1v) is 18.9. The number of hydrogen-bond acceptors (Lipinski definition) is 10. The molecule has 17 nitrogen and oxygen atoms in total. The van der Waals surface area contributed by atoms with E-state index in [0.29, 0.717) is 0 Å². The SMILES string of the molecule is COC(=O)[C@@H](NC(=O)[C@@H](NC(=O)[C@H](CC(C)C)NC(=O)CNC(=O)C(C)(C)NC(=O)[C@@H](NC(=O)[C@@H](NC(=O)OC(C)(C)C)C(C)C)C(C)C)C(C)C)C(C)C. The van der Waals surface area contributed by atoms with Crippen molar-refractivity contribution in [1.82, 2.24) is 37.2 Å². The smallest absolute Gasteiger partial charge is 0.408 e. The molecule has 0 aliphatic heterocycles. The molecule has 0 saturated heterocycles. The average molecular weight is 784 g/mol. The van der Waals surface area contributed by atoms with Crippen molar-refractivity contribution in [1.29, 1.82) is 0 Å². The Morgan fingerprint density at radius 3 is 1.38 bits per heavy atom. The molecule has 0 aliphatic rings. The maximum absolute atomic E-state index is 13.5. The monoisotopic (exact) mass is 784 g/mol. The molecule has 17 heteroatoms. The molecule has 7 N–H and O–H groups in total. The second-order valence-corrected chi connectivity index (χ2v) is 17.1. The van der Waals surface area contributed by atoms with Crippen LogP contribution in [0.15, 0.2) is 0 Å². The molecule has 0 saturated carbocycles. The van der Waals surface area contributed by atoms with Crippen LogP contribution in [-0.2, 0) is 43.0 Å². The summed E-state index contributed by atoms with van der Waals surface area (Å²) in [5.74, 6) is -6.02. The third-order valence-corrected chi connectivity index (χ3v) is 8.31. The zero-order chi connectivity index (χ0) is 43.2. The number of alkyl carbamates (subject to hydrolysis) is 1. The number of hydrogen-bond donors (Lipinski definition) is 7. The van der Waals surface area contributed by atoms with Gasteiger partial charge >= 0.3 is 12.1 Å². The molecule has 7 amide bonds. The third kappa shape index (κ3) is 18.2. The largest absolute Gasteiger partial charge is 0.467 e. The lowest BCUT2D eigenvalue weighted by molar-refractivity contribution is -0.147. The van der Waals surface area contributed by atoms with Crippen LogP contribution in [-0.4, -0.2) is 103 Å². The van der Waals surface area contributed by atoms with Crippen LogP contribution in [0.3, 0.4) is 0 Å². The summed E-state index contributed by atoms with van der Waals surface area (Å²) in [6.45, 7) is 24.9. The van der Waals surface area contributed by atoms with Gasteiger partial charge in [-0.25, -0.2) is 9.59 Å². The highest BCUT2D eigenvalue weighted by Crippen LogP contribution is 2.13. The fraction of sp³-hybridized carbons (Fsp3) is 0.789. The molecular formula is C38H69N7O10. The van der Waals surface area contributed by atoms with Crippen LogP contribution in [0.2, 0.25) is 0 Å². The number of rotatable bonds is 20. The number of methoxy groups -OCH3 is 1. The van der Waals surface area contributed by atoms with E-state index in [2.05, 4.69) is 37.2 Å². The van der Waals surface area contributed by atoms with E-state index in [1.807, 2.05) is 13.8 Å². The number of ether oxygens (including phenoxy) is 2. The highest BCUT2D eigenvalue weighted by Gasteiger charge is 2.37. The van der Waals surface area contributed by atoms with Crippen LogP contribution in [0.5, 0.6) is 0 Å². The van der Waals surface area contributed by atoms with Gasteiger partial charge in [-0.2, -0.15) is 0 Å². The summed E-state index contributed by atoms with van der Waals surface area (Å²) in [4.78, 5) is 104. The molecule has 0 unspecified atom stereocenters. The molecule has 0 radical (unpaired) electrons. The Hall–Kier alpha value is -4.44.